The van der Waals surface area contributed by atoms with Crippen LogP contribution in [0.15, 0.2) is 72.0 Å². The summed E-state index contributed by atoms with van der Waals surface area (Å²) in [6, 6.07) is 9.16. The zero-order valence-corrected chi connectivity index (χ0v) is 15.0. The Labute approximate surface area is 168 Å². The number of carboxylic acids is 1. The maximum Gasteiger partial charge on any atom is 0.336 e. The Morgan fingerprint density at radius 1 is 0.933 bits per heavy atom. The summed E-state index contributed by atoms with van der Waals surface area (Å²) in [7, 11) is 0. The molecule has 0 aliphatic heterocycles. The predicted molar refractivity (Wildman–Crippen MR) is 103 cm³/mol. The van der Waals surface area contributed by atoms with Gasteiger partial charge in [-0.3, -0.25) is 25.0 Å². The minimum absolute atomic E-state index is 0.106. The fraction of sp³-hybridized carbons (Fsp3) is 0. The molecule has 0 aromatic heterocycles. The van der Waals surface area contributed by atoms with E-state index < -0.39 is 38.7 Å². The number of phenols is 1. The molecule has 0 unspecified atom stereocenters. The largest absolute Gasteiger partial charge is 0.502 e. The second-order valence-electron chi connectivity index (χ2n) is 6.13. The van der Waals surface area contributed by atoms with Crippen LogP contribution in [0.1, 0.15) is 21.5 Å². The summed E-state index contributed by atoms with van der Waals surface area (Å²) in [5.41, 5.74) is -1.05. The predicted octanol–water partition coefficient (Wildman–Crippen LogP) is 3.10. The zero-order valence-electron chi connectivity index (χ0n) is 15.0. The molecule has 0 atom stereocenters. The van der Waals surface area contributed by atoms with Gasteiger partial charge in [0.1, 0.15) is 0 Å². The summed E-state index contributed by atoms with van der Waals surface area (Å²) in [6.45, 7) is 0. The van der Waals surface area contributed by atoms with Crippen molar-refractivity contribution in [2.75, 3.05) is 0 Å². The highest BCUT2D eigenvalue weighted by Crippen LogP contribution is 2.36. The molecular weight excluding hydrogens is 396 g/mol. The Morgan fingerprint density at radius 2 is 1.60 bits per heavy atom. The number of carbonyl (C=O) groups is 2. The van der Waals surface area contributed by atoms with Crippen LogP contribution in [0.2, 0.25) is 0 Å². The molecule has 2 aromatic carbocycles. The number of rotatable bonds is 5. The van der Waals surface area contributed by atoms with Gasteiger partial charge in [0, 0.05) is 12.1 Å². The first-order chi connectivity index (χ1) is 14.2. The Kier molecular flexibility index (Phi) is 5.23. The van der Waals surface area contributed by atoms with Gasteiger partial charge in [0.15, 0.2) is 5.75 Å². The molecule has 0 spiro atoms. The number of nitrogens with zero attached hydrogens (tertiary/aromatic N) is 2. The van der Waals surface area contributed by atoms with E-state index >= 15 is 0 Å². The van der Waals surface area contributed by atoms with Gasteiger partial charge in [-0.15, -0.1) is 0 Å². The number of aromatic carboxylic acids is 1. The number of benzene rings is 2. The zero-order chi connectivity index (χ0) is 22.0. The van der Waals surface area contributed by atoms with Gasteiger partial charge in [-0.1, -0.05) is 24.3 Å². The lowest BCUT2D eigenvalue weighted by molar-refractivity contribution is -0.418. The number of nitro groups is 2. The van der Waals surface area contributed by atoms with E-state index in [-0.39, 0.29) is 27.8 Å². The first-order valence-electron chi connectivity index (χ1n) is 8.34. The van der Waals surface area contributed by atoms with Crippen LogP contribution in [0.3, 0.4) is 0 Å². The van der Waals surface area contributed by atoms with E-state index in [1.54, 1.807) is 0 Å². The van der Waals surface area contributed by atoms with Gasteiger partial charge in [-0.25, -0.2) is 4.79 Å². The third-order valence-corrected chi connectivity index (χ3v) is 4.33. The molecule has 0 saturated carbocycles. The second-order valence-corrected chi connectivity index (χ2v) is 6.13. The molecule has 10 heteroatoms. The van der Waals surface area contributed by atoms with Crippen molar-refractivity contribution in [3.8, 4) is 5.75 Å². The smallest absolute Gasteiger partial charge is 0.336 e. The highest BCUT2D eigenvalue weighted by molar-refractivity contribution is 6.06. The Morgan fingerprint density at radius 3 is 2.20 bits per heavy atom. The molecule has 3 rings (SSSR count). The van der Waals surface area contributed by atoms with Crippen LogP contribution < -0.4 is 0 Å². The monoisotopic (exact) mass is 408 g/mol. The van der Waals surface area contributed by atoms with Gasteiger partial charge in [0.2, 0.25) is 0 Å². The van der Waals surface area contributed by atoms with Gasteiger partial charge in [-0.05, 0) is 46.6 Å². The lowest BCUT2D eigenvalue weighted by Gasteiger charge is -2.15. The number of aromatic hydroxyl groups is 1. The number of hydrogen-bond donors (Lipinski definition) is 2. The van der Waals surface area contributed by atoms with Crippen molar-refractivity contribution in [3.05, 3.63) is 109 Å². The molecule has 0 radical (unpaired) electrons. The second kappa shape index (κ2) is 7.80. The molecule has 150 valence electrons. The maximum atomic E-state index is 11.8. The molecule has 0 fully saturated rings. The van der Waals surface area contributed by atoms with Crippen LogP contribution in [0.4, 0.5) is 5.69 Å². The number of carboxylic acid groups (broad SMARTS) is 1. The first kappa shape index (κ1) is 20.1. The van der Waals surface area contributed by atoms with Crippen molar-refractivity contribution < 1.29 is 29.6 Å². The van der Waals surface area contributed by atoms with Gasteiger partial charge >= 0.3 is 17.4 Å². The molecule has 1 aliphatic rings. The van der Waals surface area contributed by atoms with E-state index in [9.17, 15) is 40.0 Å². The van der Waals surface area contributed by atoms with Crippen LogP contribution in [0.5, 0.6) is 5.75 Å². The van der Waals surface area contributed by atoms with Crippen LogP contribution in [-0.2, 0) is 4.79 Å². The molecule has 1 aliphatic carbocycles. The maximum absolute atomic E-state index is 11.8. The first-order valence-corrected chi connectivity index (χ1v) is 8.34. The average Bonchev–Trinajstić information content (AvgIpc) is 2.70. The summed E-state index contributed by atoms with van der Waals surface area (Å²) < 4.78 is 0. The van der Waals surface area contributed by atoms with Gasteiger partial charge in [0.05, 0.1) is 15.4 Å². The molecular formula is C20H12N2O8. The van der Waals surface area contributed by atoms with Crippen LogP contribution >= 0.6 is 0 Å². The van der Waals surface area contributed by atoms with E-state index in [4.69, 9.17) is 0 Å². The van der Waals surface area contributed by atoms with Gasteiger partial charge < -0.3 is 10.2 Å². The van der Waals surface area contributed by atoms with Crippen molar-refractivity contribution in [1.29, 1.82) is 0 Å². The van der Waals surface area contributed by atoms with Gasteiger partial charge in [0.25, 0.3) is 5.78 Å². The molecule has 10 nitrogen and oxygen atoms in total. The minimum Gasteiger partial charge on any atom is -0.502 e. The lowest BCUT2D eigenvalue weighted by Crippen LogP contribution is -2.13. The third kappa shape index (κ3) is 3.69. The quantitative estimate of drug-likeness (QED) is 0.563. The van der Waals surface area contributed by atoms with Crippen LogP contribution in [0.25, 0.3) is 5.57 Å². The number of phenolic OH excluding ortho intramolecular Hbond substituents is 1. The van der Waals surface area contributed by atoms with Crippen molar-refractivity contribution >= 4 is 23.0 Å². The van der Waals surface area contributed by atoms with Crippen LogP contribution in [-0.4, -0.2) is 31.8 Å². The Bertz CT molecular complexity index is 1210. The van der Waals surface area contributed by atoms with E-state index in [1.165, 1.54) is 36.4 Å². The van der Waals surface area contributed by atoms with E-state index in [0.29, 0.717) is 0 Å². The number of hydrogen-bond acceptors (Lipinski definition) is 7. The van der Waals surface area contributed by atoms with E-state index in [0.717, 1.165) is 24.3 Å². The number of nitro benzene ring substituents is 1. The molecule has 0 amide bonds. The van der Waals surface area contributed by atoms with E-state index in [2.05, 4.69) is 0 Å². The van der Waals surface area contributed by atoms with Crippen LogP contribution in [0, 0.1) is 20.2 Å². The number of ketones is 1. The minimum atomic E-state index is -1.29. The lowest BCUT2D eigenvalue weighted by atomic mass is 9.87. The summed E-state index contributed by atoms with van der Waals surface area (Å²) in [5, 5.41) is 41.8. The summed E-state index contributed by atoms with van der Waals surface area (Å²) in [4.78, 5) is 44.3. The number of allylic oxidation sites excluding steroid dienone is 4. The van der Waals surface area contributed by atoms with Crippen molar-refractivity contribution in [2.45, 2.75) is 0 Å². The summed E-state index contributed by atoms with van der Waals surface area (Å²) in [6.07, 6.45) is 3.21. The Hall–Kier alpha value is -4.60. The van der Waals surface area contributed by atoms with Crippen molar-refractivity contribution in [3.63, 3.8) is 0 Å². The van der Waals surface area contributed by atoms with Crippen molar-refractivity contribution in [2.24, 2.45) is 0 Å². The fourth-order valence-corrected chi connectivity index (χ4v) is 3.01. The molecule has 0 saturated heterocycles. The SMILES string of the molecule is O=C1C=C/C(=C(/c2ccc(O)c([N+](=O)[O-])c2)c2ccccc2C(=O)O)C=C1[N+](=O)[O-]. The number of carbonyl (C=O) groups excluding carboxylic acids is 1. The summed E-state index contributed by atoms with van der Waals surface area (Å²) in [5.74, 6) is -2.73. The van der Waals surface area contributed by atoms with Crippen molar-refractivity contribution in [1.82, 2.24) is 0 Å². The average molecular weight is 408 g/mol. The summed E-state index contributed by atoms with van der Waals surface area (Å²) >= 11 is 0. The van der Waals surface area contributed by atoms with E-state index in [1.807, 2.05) is 0 Å². The standard InChI is InChI=1S/C20H12N2O8/c23-17-7-5-11(9-15(17)21(27)28)19(13-3-1-2-4-14(13)20(25)26)12-6-8-18(24)16(10-12)22(29)30/h1-10,23H,(H,25,26)/b19-12+. The third-order valence-electron chi connectivity index (χ3n) is 4.33. The Balaban J connectivity index is 2.41. The highest BCUT2D eigenvalue weighted by Gasteiger charge is 2.27. The molecule has 0 bridgehead atoms. The molecule has 2 N–H and O–H groups in total. The molecule has 30 heavy (non-hydrogen) atoms. The topological polar surface area (TPSA) is 161 Å². The fourth-order valence-electron chi connectivity index (χ4n) is 3.01. The van der Waals surface area contributed by atoms with Gasteiger partial charge in [-0.2, -0.15) is 0 Å². The normalized spacial score (nSPS) is 14.8. The highest BCUT2D eigenvalue weighted by atomic mass is 16.6. The molecule has 0 heterocycles. The molecule has 2 aromatic rings.